The van der Waals surface area contributed by atoms with Gasteiger partial charge >= 0.3 is 5.97 Å². The molecule has 0 saturated heterocycles. The molecule has 44 heavy (non-hydrogen) atoms. The van der Waals surface area contributed by atoms with Gasteiger partial charge in [0.1, 0.15) is 12.4 Å². The SMILES string of the molecule is C=C(C)C(=O)OCCOCCOCCOCCOCCOCCCOCCCOc1ccc(CCCCCCCCC)cc1. The third-order valence-corrected chi connectivity index (χ3v) is 6.57. The van der Waals surface area contributed by atoms with E-state index in [1.54, 1.807) is 6.92 Å². The minimum atomic E-state index is -0.404. The standard InChI is InChI=1S/C35H60O9/c1-4-5-6-7-8-9-10-13-33-14-16-34(17-15-33)43-21-12-20-37-18-11-19-38-22-23-39-24-25-40-26-27-41-28-29-42-30-31-44-35(36)32(2)3/h14-17H,2,4-13,18-31H2,1,3H3. The summed E-state index contributed by atoms with van der Waals surface area (Å²) in [5, 5.41) is 0. The van der Waals surface area contributed by atoms with Crippen molar-refractivity contribution < 1.29 is 42.7 Å². The van der Waals surface area contributed by atoms with Gasteiger partial charge in [0.2, 0.25) is 0 Å². The maximum absolute atomic E-state index is 11.2. The Balaban J connectivity index is 1.75. The van der Waals surface area contributed by atoms with E-state index in [-0.39, 0.29) is 6.61 Å². The normalized spacial score (nSPS) is 11.1. The summed E-state index contributed by atoms with van der Waals surface area (Å²) in [5.74, 6) is 0.527. The molecule has 0 N–H and O–H groups in total. The first-order valence-electron chi connectivity index (χ1n) is 16.6. The molecule has 9 heteroatoms. The van der Waals surface area contributed by atoms with E-state index in [0.29, 0.717) is 91.5 Å². The summed E-state index contributed by atoms with van der Waals surface area (Å²) in [7, 11) is 0. The zero-order valence-corrected chi connectivity index (χ0v) is 27.7. The molecule has 9 nitrogen and oxygen atoms in total. The fraction of sp³-hybridized carbons (Fsp3) is 0.743. The average molecular weight is 625 g/mol. The third kappa shape index (κ3) is 26.4. The van der Waals surface area contributed by atoms with Gasteiger partial charge in [-0.3, -0.25) is 0 Å². The molecule has 0 aromatic heterocycles. The third-order valence-electron chi connectivity index (χ3n) is 6.57. The van der Waals surface area contributed by atoms with Crippen molar-refractivity contribution in [2.24, 2.45) is 0 Å². The summed E-state index contributed by atoms with van der Waals surface area (Å²) in [5.41, 5.74) is 1.77. The monoisotopic (exact) mass is 624 g/mol. The molecule has 0 aliphatic carbocycles. The number of esters is 1. The Hall–Kier alpha value is -2.01. The van der Waals surface area contributed by atoms with Crippen LogP contribution in [0.1, 0.15) is 77.2 Å². The molecular weight excluding hydrogens is 564 g/mol. The van der Waals surface area contributed by atoms with E-state index < -0.39 is 5.97 Å². The Labute approximate surface area is 266 Å². The Kier molecular flexibility index (Phi) is 28.2. The van der Waals surface area contributed by atoms with Crippen LogP contribution in [0.5, 0.6) is 5.75 Å². The second-order valence-corrected chi connectivity index (χ2v) is 10.7. The molecule has 0 aliphatic heterocycles. The number of hydrogen-bond donors (Lipinski definition) is 0. The Morgan fingerprint density at radius 1 is 0.545 bits per heavy atom. The van der Waals surface area contributed by atoms with Gasteiger partial charge in [0.15, 0.2) is 0 Å². The summed E-state index contributed by atoms with van der Waals surface area (Å²) in [4.78, 5) is 11.2. The van der Waals surface area contributed by atoms with E-state index in [4.69, 9.17) is 37.9 Å². The number of benzene rings is 1. The van der Waals surface area contributed by atoms with Crippen molar-refractivity contribution in [3.05, 3.63) is 42.0 Å². The molecule has 0 aliphatic rings. The van der Waals surface area contributed by atoms with Gasteiger partial charge in [0, 0.05) is 31.8 Å². The second kappa shape index (κ2) is 31.0. The van der Waals surface area contributed by atoms with E-state index in [9.17, 15) is 4.79 Å². The van der Waals surface area contributed by atoms with Gasteiger partial charge in [-0.2, -0.15) is 0 Å². The van der Waals surface area contributed by atoms with Crippen LogP contribution in [0, 0.1) is 0 Å². The van der Waals surface area contributed by atoms with Crippen molar-refractivity contribution in [3.63, 3.8) is 0 Å². The average Bonchev–Trinajstić information content (AvgIpc) is 3.03. The number of carbonyl (C=O) groups excluding carboxylic acids is 1. The lowest BCUT2D eigenvalue weighted by molar-refractivity contribution is -0.140. The summed E-state index contributed by atoms with van der Waals surface area (Å²) >= 11 is 0. The summed E-state index contributed by atoms with van der Waals surface area (Å²) in [6, 6.07) is 8.55. The van der Waals surface area contributed by atoms with Crippen LogP contribution in [0.2, 0.25) is 0 Å². The molecule has 0 bridgehead atoms. The molecule has 0 heterocycles. The van der Waals surface area contributed by atoms with E-state index in [0.717, 1.165) is 25.0 Å². The van der Waals surface area contributed by atoms with Crippen molar-refractivity contribution in [1.82, 2.24) is 0 Å². The second-order valence-electron chi connectivity index (χ2n) is 10.7. The maximum Gasteiger partial charge on any atom is 0.333 e. The van der Waals surface area contributed by atoms with Crippen molar-refractivity contribution in [2.45, 2.75) is 78.1 Å². The van der Waals surface area contributed by atoms with Crippen molar-refractivity contribution >= 4 is 5.97 Å². The first kappa shape index (κ1) is 40.0. The quantitative estimate of drug-likeness (QED) is 0.0504. The van der Waals surface area contributed by atoms with E-state index in [1.165, 1.54) is 50.5 Å². The predicted molar refractivity (Wildman–Crippen MR) is 174 cm³/mol. The first-order chi connectivity index (χ1) is 21.6. The lowest BCUT2D eigenvalue weighted by Crippen LogP contribution is -2.15. The first-order valence-corrected chi connectivity index (χ1v) is 16.6. The maximum atomic E-state index is 11.2. The zero-order chi connectivity index (χ0) is 31.8. The van der Waals surface area contributed by atoms with Crippen LogP contribution in [0.25, 0.3) is 0 Å². The molecule has 0 atom stereocenters. The highest BCUT2D eigenvalue weighted by molar-refractivity contribution is 5.86. The number of rotatable bonds is 33. The highest BCUT2D eigenvalue weighted by atomic mass is 16.6. The van der Waals surface area contributed by atoms with Crippen molar-refractivity contribution in [3.8, 4) is 5.75 Å². The predicted octanol–water partition coefficient (Wildman–Crippen LogP) is 6.36. The Morgan fingerprint density at radius 3 is 1.50 bits per heavy atom. The summed E-state index contributed by atoms with van der Waals surface area (Å²) in [6.07, 6.45) is 12.3. The fourth-order valence-corrected chi connectivity index (χ4v) is 4.05. The molecule has 1 aromatic rings. The highest BCUT2D eigenvalue weighted by Crippen LogP contribution is 2.15. The summed E-state index contributed by atoms with van der Waals surface area (Å²) in [6.45, 7) is 14.6. The van der Waals surface area contributed by atoms with Crippen LogP contribution in [0.3, 0.4) is 0 Å². The zero-order valence-electron chi connectivity index (χ0n) is 27.7. The van der Waals surface area contributed by atoms with Crippen molar-refractivity contribution in [1.29, 1.82) is 0 Å². The number of aryl methyl sites for hydroxylation is 1. The van der Waals surface area contributed by atoms with Gasteiger partial charge in [-0.05, 0) is 43.9 Å². The molecule has 254 valence electrons. The minimum absolute atomic E-state index is 0.209. The van der Waals surface area contributed by atoms with Gasteiger partial charge in [-0.25, -0.2) is 4.79 Å². The molecule has 1 rings (SSSR count). The fourth-order valence-electron chi connectivity index (χ4n) is 4.05. The Bertz CT molecular complexity index is 785. The van der Waals surface area contributed by atoms with Crippen LogP contribution >= 0.6 is 0 Å². The highest BCUT2D eigenvalue weighted by Gasteiger charge is 2.02. The van der Waals surface area contributed by atoms with E-state index in [1.807, 2.05) is 0 Å². The van der Waals surface area contributed by atoms with Crippen LogP contribution in [-0.2, 0) is 44.4 Å². The van der Waals surface area contributed by atoms with Gasteiger partial charge in [0.05, 0.1) is 66.1 Å². The molecule has 0 radical (unpaired) electrons. The number of unbranched alkanes of at least 4 members (excludes halogenated alkanes) is 6. The number of hydrogen-bond acceptors (Lipinski definition) is 9. The van der Waals surface area contributed by atoms with E-state index >= 15 is 0 Å². The number of carbonyl (C=O) groups is 1. The topological polar surface area (TPSA) is 90.9 Å². The summed E-state index contributed by atoms with van der Waals surface area (Å²) < 4.78 is 43.7. The lowest BCUT2D eigenvalue weighted by Gasteiger charge is -2.09. The molecule has 0 spiro atoms. The molecule has 1 aromatic carbocycles. The van der Waals surface area contributed by atoms with Crippen LogP contribution in [-0.4, -0.2) is 98.5 Å². The molecular formula is C35H60O9. The molecule has 0 saturated carbocycles. The number of ether oxygens (including phenoxy) is 8. The van der Waals surface area contributed by atoms with Gasteiger partial charge in [-0.1, -0.05) is 64.2 Å². The van der Waals surface area contributed by atoms with Crippen LogP contribution < -0.4 is 4.74 Å². The van der Waals surface area contributed by atoms with Crippen LogP contribution in [0.4, 0.5) is 0 Å². The smallest absolute Gasteiger partial charge is 0.333 e. The largest absolute Gasteiger partial charge is 0.494 e. The molecule has 0 fully saturated rings. The van der Waals surface area contributed by atoms with Gasteiger partial charge < -0.3 is 37.9 Å². The lowest BCUT2D eigenvalue weighted by atomic mass is 10.0. The van der Waals surface area contributed by atoms with Gasteiger partial charge in [0.25, 0.3) is 0 Å². The molecule has 0 amide bonds. The minimum Gasteiger partial charge on any atom is -0.494 e. The van der Waals surface area contributed by atoms with Crippen molar-refractivity contribution in [2.75, 3.05) is 92.5 Å². The molecule has 0 unspecified atom stereocenters. The Morgan fingerprint density at radius 2 is 0.977 bits per heavy atom. The van der Waals surface area contributed by atoms with Gasteiger partial charge in [-0.15, -0.1) is 0 Å². The van der Waals surface area contributed by atoms with Crippen LogP contribution in [0.15, 0.2) is 36.4 Å². The van der Waals surface area contributed by atoms with E-state index in [2.05, 4.69) is 37.8 Å².